The second kappa shape index (κ2) is 8.68. The summed E-state index contributed by atoms with van der Waals surface area (Å²) >= 11 is 6.14. The van der Waals surface area contributed by atoms with Crippen LogP contribution in [0.3, 0.4) is 0 Å². The summed E-state index contributed by atoms with van der Waals surface area (Å²) in [6, 6.07) is 3.72. The predicted molar refractivity (Wildman–Crippen MR) is 93.0 cm³/mol. The summed E-state index contributed by atoms with van der Waals surface area (Å²) in [6.45, 7) is 2.10. The van der Waals surface area contributed by atoms with Gasteiger partial charge < -0.3 is 8.92 Å². The third-order valence-corrected chi connectivity index (χ3v) is 5.81. The van der Waals surface area contributed by atoms with Gasteiger partial charge in [-0.15, -0.1) is 0 Å². The van der Waals surface area contributed by atoms with Crippen LogP contribution in [-0.2, 0) is 19.6 Å². The Bertz CT molecular complexity index is 771. The minimum Gasteiger partial charge on any atom is -0.466 e. The second-order valence-electron chi connectivity index (χ2n) is 6.39. The lowest BCUT2D eigenvalue weighted by atomic mass is 9.77. The summed E-state index contributed by atoms with van der Waals surface area (Å²) in [7, 11) is -5.73. The summed E-state index contributed by atoms with van der Waals surface area (Å²) in [4.78, 5) is 11.6. The van der Waals surface area contributed by atoms with E-state index in [0.29, 0.717) is 13.0 Å². The lowest BCUT2D eigenvalue weighted by Crippen LogP contribution is -2.28. The zero-order valence-corrected chi connectivity index (χ0v) is 16.2. The smallest absolute Gasteiger partial charge is 0.466 e. The van der Waals surface area contributed by atoms with Crippen molar-refractivity contribution in [2.45, 2.75) is 50.5 Å². The molecule has 0 heterocycles. The topological polar surface area (TPSA) is 69.7 Å². The van der Waals surface area contributed by atoms with E-state index in [4.69, 9.17) is 16.3 Å². The van der Waals surface area contributed by atoms with Crippen LogP contribution < -0.4 is 4.18 Å². The van der Waals surface area contributed by atoms with Crippen molar-refractivity contribution in [2.75, 3.05) is 6.61 Å². The molecule has 0 aliphatic heterocycles. The summed E-state index contributed by atoms with van der Waals surface area (Å²) in [6.07, 6.45) is 3.52. The third-order valence-electron chi connectivity index (χ3n) is 4.51. The standard InChI is InChI=1S/C17H20ClF3O5S/c1-2-25-16(22)9-11-3-5-12(6-4-11)14-8-7-13(10-15(14)18)26-27(23,24)17(19,20)21/h7-8,10-12H,2-6,9H2,1H3/t11-,12+. The maximum Gasteiger partial charge on any atom is 0.534 e. The van der Waals surface area contributed by atoms with Gasteiger partial charge in [0.2, 0.25) is 0 Å². The van der Waals surface area contributed by atoms with Crippen molar-refractivity contribution in [3.8, 4) is 5.75 Å². The van der Waals surface area contributed by atoms with Gasteiger partial charge in [0.15, 0.2) is 0 Å². The summed E-state index contributed by atoms with van der Waals surface area (Å²) in [5.41, 5.74) is -4.78. The SMILES string of the molecule is CCOC(=O)C[C@H]1CC[C@@H](c2ccc(OS(=O)(=O)C(F)(F)F)cc2Cl)CC1. The van der Waals surface area contributed by atoms with Crippen molar-refractivity contribution in [3.63, 3.8) is 0 Å². The van der Waals surface area contributed by atoms with Gasteiger partial charge in [-0.05, 0) is 56.1 Å². The first-order valence-electron chi connectivity index (χ1n) is 8.49. The fourth-order valence-electron chi connectivity index (χ4n) is 3.20. The number of ether oxygens (including phenoxy) is 1. The van der Waals surface area contributed by atoms with Crippen LogP contribution in [0.4, 0.5) is 13.2 Å². The molecule has 0 radical (unpaired) electrons. The lowest BCUT2D eigenvalue weighted by Gasteiger charge is -2.29. The molecule has 1 saturated carbocycles. The number of carbonyl (C=O) groups excluding carboxylic acids is 1. The van der Waals surface area contributed by atoms with Crippen LogP contribution in [0.5, 0.6) is 5.75 Å². The Morgan fingerprint density at radius 3 is 2.37 bits per heavy atom. The molecule has 0 amide bonds. The Morgan fingerprint density at radius 1 is 1.22 bits per heavy atom. The van der Waals surface area contributed by atoms with Crippen LogP contribution in [0.2, 0.25) is 5.02 Å². The zero-order chi connectivity index (χ0) is 20.2. The van der Waals surface area contributed by atoms with Crippen molar-refractivity contribution >= 4 is 27.7 Å². The van der Waals surface area contributed by atoms with Crippen LogP contribution in [0.15, 0.2) is 18.2 Å². The summed E-state index contributed by atoms with van der Waals surface area (Å²) in [5.74, 6) is -0.383. The van der Waals surface area contributed by atoms with Gasteiger partial charge in [-0.2, -0.15) is 21.6 Å². The fourth-order valence-corrected chi connectivity index (χ4v) is 3.97. The van der Waals surface area contributed by atoms with Gasteiger partial charge in [0.25, 0.3) is 0 Å². The molecule has 0 atom stereocenters. The average molecular weight is 429 g/mol. The molecule has 5 nitrogen and oxygen atoms in total. The third kappa shape index (κ3) is 5.75. The van der Waals surface area contributed by atoms with E-state index in [0.717, 1.165) is 43.4 Å². The number of carbonyl (C=O) groups is 1. The molecule has 27 heavy (non-hydrogen) atoms. The normalized spacial score (nSPS) is 20.9. The summed E-state index contributed by atoms with van der Waals surface area (Å²) < 4.78 is 68.3. The molecular formula is C17H20ClF3O5S. The Kier molecular flexibility index (Phi) is 7.02. The Labute approximate surface area is 160 Å². The van der Waals surface area contributed by atoms with Crippen LogP contribution >= 0.6 is 11.6 Å². The van der Waals surface area contributed by atoms with Gasteiger partial charge in [-0.3, -0.25) is 4.79 Å². The molecule has 0 N–H and O–H groups in total. The van der Waals surface area contributed by atoms with Crippen LogP contribution in [-0.4, -0.2) is 26.5 Å². The molecule has 0 aromatic heterocycles. The highest BCUT2D eigenvalue weighted by atomic mass is 35.5. The van der Waals surface area contributed by atoms with Gasteiger partial charge in [-0.25, -0.2) is 0 Å². The maximum atomic E-state index is 12.4. The molecular weight excluding hydrogens is 409 g/mol. The molecule has 0 spiro atoms. The van der Waals surface area contributed by atoms with E-state index in [9.17, 15) is 26.4 Å². The number of hydrogen-bond donors (Lipinski definition) is 0. The average Bonchev–Trinajstić information content (AvgIpc) is 2.55. The molecule has 1 aliphatic carbocycles. The van der Waals surface area contributed by atoms with E-state index >= 15 is 0 Å². The lowest BCUT2D eigenvalue weighted by molar-refractivity contribution is -0.144. The number of benzene rings is 1. The molecule has 10 heteroatoms. The van der Waals surface area contributed by atoms with E-state index in [1.807, 2.05) is 0 Å². The van der Waals surface area contributed by atoms with Gasteiger partial charge in [0.1, 0.15) is 5.75 Å². The highest BCUT2D eigenvalue weighted by Crippen LogP contribution is 2.41. The van der Waals surface area contributed by atoms with E-state index < -0.39 is 21.4 Å². The number of hydrogen-bond acceptors (Lipinski definition) is 5. The van der Waals surface area contributed by atoms with Crippen molar-refractivity contribution in [1.82, 2.24) is 0 Å². The maximum absolute atomic E-state index is 12.4. The number of alkyl halides is 3. The first kappa shape index (κ1) is 21.8. The van der Waals surface area contributed by atoms with E-state index in [-0.39, 0.29) is 22.8 Å². The number of esters is 1. The largest absolute Gasteiger partial charge is 0.534 e. The van der Waals surface area contributed by atoms with E-state index in [1.54, 1.807) is 6.92 Å². The predicted octanol–water partition coefficient (Wildman–Crippen LogP) is 4.80. The quantitative estimate of drug-likeness (QED) is 0.370. The van der Waals surface area contributed by atoms with Crippen LogP contribution in [0, 0.1) is 5.92 Å². The Hall–Kier alpha value is -1.48. The van der Waals surface area contributed by atoms with Crippen molar-refractivity contribution in [1.29, 1.82) is 0 Å². The highest BCUT2D eigenvalue weighted by Gasteiger charge is 2.48. The first-order chi connectivity index (χ1) is 12.5. The minimum atomic E-state index is -5.73. The molecule has 2 rings (SSSR count). The molecule has 152 valence electrons. The fraction of sp³-hybridized carbons (Fsp3) is 0.588. The molecule has 1 aromatic carbocycles. The zero-order valence-electron chi connectivity index (χ0n) is 14.6. The molecule has 0 unspecified atom stereocenters. The van der Waals surface area contributed by atoms with Crippen LogP contribution in [0.1, 0.15) is 50.5 Å². The first-order valence-corrected chi connectivity index (χ1v) is 10.3. The number of rotatable bonds is 6. The van der Waals surface area contributed by atoms with E-state index in [2.05, 4.69) is 4.18 Å². The van der Waals surface area contributed by atoms with Crippen molar-refractivity contribution < 1.29 is 35.3 Å². The highest BCUT2D eigenvalue weighted by molar-refractivity contribution is 7.88. The molecule has 1 aliphatic rings. The molecule has 0 bridgehead atoms. The Morgan fingerprint density at radius 2 is 1.85 bits per heavy atom. The molecule has 1 fully saturated rings. The van der Waals surface area contributed by atoms with Gasteiger partial charge in [0.05, 0.1) is 6.61 Å². The molecule has 0 saturated heterocycles. The minimum absolute atomic E-state index is 0.0872. The molecule has 1 aromatic rings. The second-order valence-corrected chi connectivity index (χ2v) is 8.34. The van der Waals surface area contributed by atoms with Crippen molar-refractivity contribution in [2.24, 2.45) is 5.92 Å². The monoisotopic (exact) mass is 428 g/mol. The van der Waals surface area contributed by atoms with E-state index in [1.165, 1.54) is 6.07 Å². The Balaban J connectivity index is 2.00. The van der Waals surface area contributed by atoms with Gasteiger partial charge >= 0.3 is 21.6 Å². The van der Waals surface area contributed by atoms with Crippen LogP contribution in [0.25, 0.3) is 0 Å². The van der Waals surface area contributed by atoms with Gasteiger partial charge in [-0.1, -0.05) is 17.7 Å². The van der Waals surface area contributed by atoms with Gasteiger partial charge in [0, 0.05) is 17.5 Å². The number of halogens is 4. The van der Waals surface area contributed by atoms with Crippen molar-refractivity contribution in [3.05, 3.63) is 28.8 Å². The summed E-state index contributed by atoms with van der Waals surface area (Å²) in [5, 5.41) is 0.152.